The third-order valence-electron chi connectivity index (χ3n) is 12.0. The van der Waals surface area contributed by atoms with Gasteiger partial charge < -0.3 is 28.6 Å². The number of benzene rings is 2. The number of carbonyl (C=O) groups is 3. The summed E-state index contributed by atoms with van der Waals surface area (Å²) in [5.41, 5.74) is 5.78. The van der Waals surface area contributed by atoms with E-state index in [2.05, 4.69) is 72.9 Å². The summed E-state index contributed by atoms with van der Waals surface area (Å²) in [4.78, 5) is 58.6. The molecule has 1 N–H and O–H groups in total. The summed E-state index contributed by atoms with van der Waals surface area (Å²) >= 11 is 0. The number of nitrogens with one attached hydrogen (secondary N) is 1. The second-order valence-electron chi connectivity index (χ2n) is 15.8. The van der Waals surface area contributed by atoms with Gasteiger partial charge in [-0.1, -0.05) is 18.1 Å². The van der Waals surface area contributed by atoms with Gasteiger partial charge in [0.25, 0.3) is 5.91 Å². The maximum absolute atomic E-state index is 13.0. The average molecular weight is 803 g/mol. The van der Waals surface area contributed by atoms with E-state index in [9.17, 15) is 14.4 Å². The zero-order valence-corrected chi connectivity index (χ0v) is 33.0. The van der Waals surface area contributed by atoms with E-state index in [0.29, 0.717) is 29.4 Å². The van der Waals surface area contributed by atoms with Gasteiger partial charge in [0.05, 0.1) is 17.7 Å². The summed E-state index contributed by atoms with van der Waals surface area (Å²) < 4.78 is 20.7. The molecule has 0 bridgehead atoms. The Labute approximate surface area is 345 Å². The number of anilines is 1. The van der Waals surface area contributed by atoms with Gasteiger partial charge in [0, 0.05) is 104 Å². The molecule has 1 saturated carbocycles. The number of fused-ring (bicyclic) bond motifs is 4. The molecule has 0 radical (unpaired) electrons. The summed E-state index contributed by atoms with van der Waals surface area (Å²) in [5.74, 6) is 7.48. The van der Waals surface area contributed by atoms with Crippen LogP contribution < -0.4 is 19.7 Å². The Hall–Kier alpha value is -6.85. The van der Waals surface area contributed by atoms with Crippen molar-refractivity contribution in [2.45, 2.75) is 69.4 Å². The minimum absolute atomic E-state index is 0.0945. The molecule has 2 saturated heterocycles. The van der Waals surface area contributed by atoms with Gasteiger partial charge in [0.2, 0.25) is 23.5 Å². The quantitative estimate of drug-likeness (QED) is 0.148. The van der Waals surface area contributed by atoms with Gasteiger partial charge in [-0.3, -0.25) is 24.7 Å². The molecule has 3 amide bonds. The minimum atomic E-state index is -0.659. The lowest BCUT2D eigenvalue weighted by Gasteiger charge is -2.39. The molecule has 14 nitrogen and oxygen atoms in total. The van der Waals surface area contributed by atoms with E-state index in [0.717, 1.165) is 77.7 Å². The zero-order chi connectivity index (χ0) is 40.7. The fraction of sp³-hybridized carbons (Fsp3) is 0.326. The van der Waals surface area contributed by atoms with E-state index in [1.807, 2.05) is 36.8 Å². The summed E-state index contributed by atoms with van der Waals surface area (Å²) in [6.07, 6.45) is 11.9. The summed E-state index contributed by atoms with van der Waals surface area (Å²) in [5, 5.41) is 4.67. The van der Waals surface area contributed by atoms with Gasteiger partial charge in [-0.2, -0.15) is 0 Å². The van der Waals surface area contributed by atoms with Crippen LogP contribution in [0.1, 0.15) is 60.3 Å². The molecule has 0 spiro atoms. The van der Waals surface area contributed by atoms with Crippen molar-refractivity contribution in [1.29, 1.82) is 0 Å². The number of aryl methyl sites for hydroxylation is 1. The second-order valence-corrected chi connectivity index (χ2v) is 15.8. The standard InChI is InChI=1S/C46H42N8O6/c1-52-38-12-16-47-26-37(38)36-7-4-28(22-40(36)52)29-5-11-44(49-25-29)60-34-23-33(24-34)59-31-14-18-53(19-15-31)42-13-17-48-41(50-42)3-2-20-58-32-6-8-35-30(21-32)27-54(46(35)57)39-9-10-43(55)51-45(39)56/h4-8,11-13,16-17,21-22,25-26,31,33-34,39H,9-10,14-15,18-20,23-24,27H2,1H3,(H,51,55,56). The molecule has 10 rings (SSSR count). The van der Waals surface area contributed by atoms with Crippen LogP contribution in [0, 0.1) is 11.8 Å². The molecule has 4 aromatic heterocycles. The van der Waals surface area contributed by atoms with Crippen LogP contribution in [0.4, 0.5) is 5.82 Å². The Balaban J connectivity index is 0.660. The highest BCUT2D eigenvalue weighted by molar-refractivity contribution is 6.08. The highest BCUT2D eigenvalue weighted by Crippen LogP contribution is 2.34. The lowest BCUT2D eigenvalue weighted by Crippen LogP contribution is -2.52. The number of nitrogens with zero attached hydrogens (tertiary/aromatic N) is 7. The van der Waals surface area contributed by atoms with Crippen molar-refractivity contribution in [3.8, 4) is 34.6 Å². The smallest absolute Gasteiger partial charge is 0.255 e. The molecule has 1 aliphatic carbocycles. The molecule has 3 aliphatic heterocycles. The van der Waals surface area contributed by atoms with Crippen LogP contribution in [0.3, 0.4) is 0 Å². The number of ether oxygens (including phenoxy) is 3. The molecular weight excluding hydrogens is 761 g/mol. The van der Waals surface area contributed by atoms with Gasteiger partial charge in [-0.25, -0.2) is 15.0 Å². The number of pyridine rings is 2. The highest BCUT2D eigenvalue weighted by atomic mass is 16.5. The van der Waals surface area contributed by atoms with E-state index in [1.54, 1.807) is 24.4 Å². The van der Waals surface area contributed by atoms with Crippen molar-refractivity contribution in [2.24, 2.45) is 7.05 Å². The first-order valence-corrected chi connectivity index (χ1v) is 20.4. The topological polar surface area (TPSA) is 154 Å². The third kappa shape index (κ3) is 7.37. The highest BCUT2D eigenvalue weighted by Gasteiger charge is 2.39. The fourth-order valence-corrected chi connectivity index (χ4v) is 8.70. The van der Waals surface area contributed by atoms with Crippen LogP contribution in [0.15, 0.2) is 85.5 Å². The van der Waals surface area contributed by atoms with E-state index in [-0.39, 0.29) is 49.7 Å². The van der Waals surface area contributed by atoms with Crippen molar-refractivity contribution < 1.29 is 28.6 Å². The van der Waals surface area contributed by atoms with E-state index in [4.69, 9.17) is 19.2 Å². The number of carbonyl (C=O) groups excluding carboxylic acids is 3. The third-order valence-corrected chi connectivity index (χ3v) is 12.0. The van der Waals surface area contributed by atoms with E-state index in [1.165, 1.54) is 10.3 Å². The van der Waals surface area contributed by atoms with Crippen LogP contribution in [-0.2, 0) is 27.9 Å². The van der Waals surface area contributed by atoms with Gasteiger partial charge >= 0.3 is 0 Å². The van der Waals surface area contributed by atoms with Crippen LogP contribution in [0.5, 0.6) is 11.6 Å². The Morgan fingerprint density at radius 2 is 1.70 bits per heavy atom. The van der Waals surface area contributed by atoms with Crippen molar-refractivity contribution in [3.63, 3.8) is 0 Å². The molecule has 4 aliphatic rings. The Morgan fingerprint density at radius 1 is 0.833 bits per heavy atom. The van der Waals surface area contributed by atoms with Crippen LogP contribution in [0.25, 0.3) is 32.9 Å². The molecule has 2 aromatic carbocycles. The number of piperidine rings is 2. The van der Waals surface area contributed by atoms with Gasteiger partial charge in [0.15, 0.2) is 0 Å². The zero-order valence-electron chi connectivity index (χ0n) is 33.0. The van der Waals surface area contributed by atoms with Crippen molar-refractivity contribution in [3.05, 3.63) is 102 Å². The fourth-order valence-electron chi connectivity index (χ4n) is 8.70. The van der Waals surface area contributed by atoms with Crippen molar-refractivity contribution in [2.75, 3.05) is 24.6 Å². The normalized spacial score (nSPS) is 20.4. The molecule has 302 valence electrons. The minimum Gasteiger partial charge on any atom is -0.481 e. The first-order valence-electron chi connectivity index (χ1n) is 20.4. The van der Waals surface area contributed by atoms with Crippen molar-refractivity contribution >= 4 is 45.3 Å². The molecule has 60 heavy (non-hydrogen) atoms. The summed E-state index contributed by atoms with van der Waals surface area (Å²) in [6.45, 7) is 2.04. The Morgan fingerprint density at radius 3 is 2.53 bits per heavy atom. The predicted molar refractivity (Wildman–Crippen MR) is 222 cm³/mol. The Bertz CT molecular complexity index is 2710. The first-order chi connectivity index (χ1) is 29.3. The lowest BCUT2D eigenvalue weighted by atomic mass is 9.91. The number of amides is 3. The molecular formula is C46H42N8O6. The predicted octanol–water partition coefficient (Wildman–Crippen LogP) is 5.37. The van der Waals surface area contributed by atoms with E-state index < -0.39 is 11.9 Å². The monoisotopic (exact) mass is 802 g/mol. The van der Waals surface area contributed by atoms with Gasteiger partial charge in [-0.15, -0.1) is 0 Å². The number of imide groups is 1. The number of hydrogen-bond acceptors (Lipinski definition) is 11. The van der Waals surface area contributed by atoms with Crippen LogP contribution in [0.2, 0.25) is 0 Å². The number of aromatic nitrogens is 5. The summed E-state index contributed by atoms with van der Waals surface area (Å²) in [6, 6.07) is 19.0. The number of hydrogen-bond donors (Lipinski definition) is 1. The van der Waals surface area contributed by atoms with Crippen LogP contribution in [-0.4, -0.2) is 91.2 Å². The molecule has 1 atom stereocenters. The molecule has 7 heterocycles. The maximum atomic E-state index is 13.0. The molecule has 14 heteroatoms. The van der Waals surface area contributed by atoms with Gasteiger partial charge in [0.1, 0.15) is 30.3 Å². The summed E-state index contributed by atoms with van der Waals surface area (Å²) in [7, 11) is 2.09. The molecule has 6 aromatic rings. The van der Waals surface area contributed by atoms with E-state index >= 15 is 0 Å². The average Bonchev–Trinajstić information content (AvgIpc) is 3.74. The SMILES string of the molecule is Cn1c2ccncc2c2ccc(-c3ccc(OC4CC(OC5CCN(c6ccnc(C#CCOc7ccc8c(c7)CN(C7CCC(=O)NC7=O)C8=O)n6)CC5)C4)nc3)cc21. The van der Waals surface area contributed by atoms with Crippen LogP contribution >= 0.6 is 0 Å². The first kappa shape index (κ1) is 37.4. The Kier molecular flexibility index (Phi) is 9.81. The molecule has 3 fully saturated rings. The number of rotatable bonds is 9. The lowest BCUT2D eigenvalue weighted by molar-refractivity contribution is -0.136. The maximum Gasteiger partial charge on any atom is 0.255 e. The van der Waals surface area contributed by atoms with Gasteiger partial charge in [-0.05, 0) is 78.8 Å². The van der Waals surface area contributed by atoms with Crippen molar-refractivity contribution in [1.82, 2.24) is 34.7 Å². The molecule has 1 unspecified atom stereocenters. The second kappa shape index (κ2) is 15.7. The largest absolute Gasteiger partial charge is 0.481 e.